The molecule has 218 valence electrons. The van der Waals surface area contributed by atoms with E-state index < -0.39 is 0 Å². The van der Waals surface area contributed by atoms with Crippen LogP contribution in [0.3, 0.4) is 0 Å². The van der Waals surface area contributed by atoms with E-state index in [1.54, 1.807) is 13.0 Å². The van der Waals surface area contributed by atoms with E-state index in [-0.39, 0.29) is 40.5 Å². The zero-order valence-corrected chi connectivity index (χ0v) is 25.6. The minimum Gasteiger partial charge on any atom is -0.259 e. The van der Waals surface area contributed by atoms with Crippen molar-refractivity contribution >= 4 is 27.7 Å². The molecule has 6 nitrogen and oxygen atoms in total. The average molecular weight is 577 g/mol. The molecule has 0 radical (unpaired) electrons. The second-order valence-corrected chi connectivity index (χ2v) is 13.9. The van der Waals surface area contributed by atoms with Gasteiger partial charge in [0.1, 0.15) is 5.56 Å². The van der Waals surface area contributed by atoms with Gasteiger partial charge in [-0.2, -0.15) is 0 Å². The molecule has 0 N–H and O–H groups in total. The predicted molar refractivity (Wildman–Crippen MR) is 171 cm³/mol. The highest BCUT2D eigenvalue weighted by Gasteiger charge is 2.26. The zero-order chi connectivity index (χ0) is 28.8. The van der Waals surface area contributed by atoms with Crippen molar-refractivity contribution in [1.82, 2.24) is 0 Å². The monoisotopic (exact) mass is 576 g/mol. The Labute approximate surface area is 244 Å². The molecule has 0 saturated heterocycles. The van der Waals surface area contributed by atoms with Crippen LogP contribution in [0.15, 0.2) is 40.9 Å². The number of allylic oxidation sites excluding steroid dienone is 3. The molecule has 0 saturated carbocycles. The molecule has 2 heterocycles. The van der Waals surface area contributed by atoms with Gasteiger partial charge in [-0.1, -0.05) is 106 Å². The lowest BCUT2D eigenvalue weighted by Crippen LogP contribution is -2.09. The first-order valence-electron chi connectivity index (χ1n) is 12.1. The van der Waals surface area contributed by atoms with Gasteiger partial charge in [-0.3, -0.25) is 20.2 Å². The SMILES string of the molecule is C.C.CC#Cc1cc(C(C)(C)C)sc1[N+](=O)[O-].CC(C)(C)C1=CC=C([N+](=O)[O-])C1.Cc1ccsc1C(C)(C)C. The highest BCUT2D eigenvalue weighted by atomic mass is 32.1. The van der Waals surface area contributed by atoms with E-state index in [1.807, 2.05) is 44.3 Å². The van der Waals surface area contributed by atoms with E-state index in [4.69, 9.17) is 0 Å². The smallest absolute Gasteiger partial charge is 0.259 e. The van der Waals surface area contributed by atoms with Crippen molar-refractivity contribution in [3.8, 4) is 11.8 Å². The fourth-order valence-corrected chi connectivity index (χ4v) is 5.40. The van der Waals surface area contributed by atoms with Crippen molar-refractivity contribution in [1.29, 1.82) is 0 Å². The van der Waals surface area contributed by atoms with Crippen LogP contribution in [0.2, 0.25) is 0 Å². The van der Waals surface area contributed by atoms with Gasteiger partial charge in [0, 0.05) is 15.8 Å². The molecule has 0 amide bonds. The van der Waals surface area contributed by atoms with Gasteiger partial charge in [-0.05, 0) is 53.2 Å². The molecule has 3 rings (SSSR count). The molecule has 0 aromatic carbocycles. The van der Waals surface area contributed by atoms with Gasteiger partial charge in [0.2, 0.25) is 5.70 Å². The molecular weight excluding hydrogens is 528 g/mol. The summed E-state index contributed by atoms with van der Waals surface area (Å²) < 4.78 is 0. The Kier molecular flexibility index (Phi) is 14.9. The lowest BCUT2D eigenvalue weighted by molar-refractivity contribution is -0.426. The van der Waals surface area contributed by atoms with Gasteiger partial charge in [-0.25, -0.2) is 0 Å². The van der Waals surface area contributed by atoms with Crippen LogP contribution in [0.25, 0.3) is 0 Å². The molecular formula is C31H48N2O4S2. The molecule has 0 aliphatic heterocycles. The first kappa shape index (κ1) is 38.4. The molecule has 39 heavy (non-hydrogen) atoms. The number of thiophene rings is 2. The third-order valence-electron chi connectivity index (χ3n) is 5.47. The topological polar surface area (TPSA) is 86.3 Å². The third kappa shape index (κ3) is 11.9. The summed E-state index contributed by atoms with van der Waals surface area (Å²) in [4.78, 5) is 23.0. The van der Waals surface area contributed by atoms with E-state index in [1.165, 1.54) is 21.8 Å². The largest absolute Gasteiger partial charge is 0.339 e. The number of rotatable bonds is 2. The molecule has 0 fully saturated rings. The Balaban J connectivity index is 0. The number of nitro groups is 2. The Hall–Kier alpha value is -2.76. The lowest BCUT2D eigenvalue weighted by Gasteiger charge is -2.19. The first-order chi connectivity index (χ1) is 16.8. The van der Waals surface area contributed by atoms with E-state index in [2.05, 4.69) is 71.8 Å². The van der Waals surface area contributed by atoms with Crippen LogP contribution in [0.1, 0.15) is 111 Å². The minimum absolute atomic E-state index is 0. The summed E-state index contributed by atoms with van der Waals surface area (Å²) in [6, 6.07) is 4.00. The van der Waals surface area contributed by atoms with Crippen molar-refractivity contribution in [2.45, 2.75) is 108 Å². The first-order valence-corrected chi connectivity index (χ1v) is 13.8. The summed E-state index contributed by atoms with van der Waals surface area (Å²) in [6.07, 6.45) is 3.95. The van der Waals surface area contributed by atoms with Crippen LogP contribution in [-0.4, -0.2) is 9.85 Å². The molecule has 2 aromatic heterocycles. The number of nitrogens with zero attached hydrogens (tertiary/aromatic N) is 2. The van der Waals surface area contributed by atoms with Gasteiger partial charge >= 0.3 is 5.00 Å². The van der Waals surface area contributed by atoms with E-state index in [9.17, 15) is 20.2 Å². The molecule has 0 atom stereocenters. The molecule has 0 spiro atoms. The maximum absolute atomic E-state index is 10.8. The van der Waals surface area contributed by atoms with Crippen LogP contribution in [0.4, 0.5) is 5.00 Å². The maximum Gasteiger partial charge on any atom is 0.339 e. The lowest BCUT2D eigenvalue weighted by atomic mass is 9.86. The summed E-state index contributed by atoms with van der Waals surface area (Å²) >= 11 is 3.07. The van der Waals surface area contributed by atoms with E-state index in [0.717, 1.165) is 10.5 Å². The van der Waals surface area contributed by atoms with Gasteiger partial charge in [0.05, 0.1) is 16.3 Å². The Bertz CT molecular complexity index is 1230. The van der Waals surface area contributed by atoms with Gasteiger partial charge in [0.25, 0.3) is 0 Å². The summed E-state index contributed by atoms with van der Waals surface area (Å²) in [5, 5.41) is 23.5. The van der Waals surface area contributed by atoms with Crippen molar-refractivity contribution in [3.05, 3.63) is 82.0 Å². The van der Waals surface area contributed by atoms with Gasteiger partial charge in [0.15, 0.2) is 0 Å². The fraction of sp³-hybridized carbons (Fsp3) is 0.548. The summed E-state index contributed by atoms with van der Waals surface area (Å²) in [7, 11) is 0. The van der Waals surface area contributed by atoms with Crippen molar-refractivity contribution in [2.24, 2.45) is 5.41 Å². The normalized spacial score (nSPS) is 12.5. The van der Waals surface area contributed by atoms with Crippen molar-refractivity contribution in [2.75, 3.05) is 0 Å². The summed E-state index contributed by atoms with van der Waals surface area (Å²) in [6.45, 7) is 22.9. The summed E-state index contributed by atoms with van der Waals surface area (Å²) in [5.74, 6) is 5.46. The molecule has 2 aromatic rings. The Morgan fingerprint density at radius 1 is 0.872 bits per heavy atom. The highest BCUT2D eigenvalue weighted by Crippen LogP contribution is 2.37. The minimum atomic E-state index is -0.362. The Morgan fingerprint density at radius 2 is 1.44 bits per heavy atom. The fourth-order valence-electron chi connectivity index (χ4n) is 3.40. The second-order valence-electron chi connectivity index (χ2n) is 11.9. The van der Waals surface area contributed by atoms with Crippen molar-refractivity contribution in [3.63, 3.8) is 0 Å². The van der Waals surface area contributed by atoms with Gasteiger partial charge < -0.3 is 0 Å². The predicted octanol–water partition coefficient (Wildman–Crippen LogP) is 10.5. The van der Waals surface area contributed by atoms with E-state index in [0.29, 0.717) is 23.1 Å². The van der Waals surface area contributed by atoms with Crippen LogP contribution >= 0.6 is 22.7 Å². The number of hydrogen-bond donors (Lipinski definition) is 0. The quantitative estimate of drug-likeness (QED) is 0.202. The van der Waals surface area contributed by atoms with E-state index >= 15 is 0 Å². The summed E-state index contributed by atoms with van der Waals surface area (Å²) in [5.41, 5.74) is 3.71. The molecule has 8 heteroatoms. The number of aryl methyl sites for hydroxylation is 1. The second kappa shape index (κ2) is 15.1. The third-order valence-corrected chi connectivity index (χ3v) is 8.42. The number of hydrogen-bond acceptors (Lipinski definition) is 6. The van der Waals surface area contributed by atoms with Crippen LogP contribution in [-0.2, 0) is 10.8 Å². The highest BCUT2D eigenvalue weighted by molar-refractivity contribution is 7.15. The van der Waals surface area contributed by atoms with Crippen LogP contribution in [0.5, 0.6) is 0 Å². The average Bonchev–Trinajstić information content (AvgIpc) is 3.46. The van der Waals surface area contributed by atoms with Crippen LogP contribution in [0, 0.1) is 44.4 Å². The zero-order valence-electron chi connectivity index (χ0n) is 23.9. The van der Waals surface area contributed by atoms with Crippen molar-refractivity contribution < 1.29 is 9.85 Å². The molecule has 1 aliphatic carbocycles. The molecule has 1 aliphatic rings. The maximum atomic E-state index is 10.8. The Morgan fingerprint density at radius 3 is 1.72 bits per heavy atom. The molecule has 0 bridgehead atoms. The molecule has 0 unspecified atom stereocenters. The standard InChI is InChI=1S/C11H13NO2S.C9H13NO2.C9H14S.2CH4/c1-5-6-8-7-9(11(2,3)4)15-10(8)12(13)14;1-9(2,3)7-4-5-8(6-7)10(11)12;1-7-5-6-10-8(7)9(2,3)4;;/h7H,1-4H3;4-5H,6H2,1-3H3;5-6H,1-4H3;2*1H4. The van der Waals surface area contributed by atoms with Gasteiger partial charge in [-0.15, -0.1) is 17.3 Å². The van der Waals surface area contributed by atoms with Crippen LogP contribution < -0.4 is 0 Å².